The second-order valence-corrected chi connectivity index (χ2v) is 3.57. The van der Waals surface area contributed by atoms with Crippen molar-refractivity contribution in [3.05, 3.63) is 42.5 Å². The number of rotatable bonds is 1. The molecule has 4 nitrogen and oxygen atoms in total. The molecule has 0 unspecified atom stereocenters. The zero-order valence-electron chi connectivity index (χ0n) is 8.51. The quantitative estimate of drug-likeness (QED) is 0.647. The van der Waals surface area contributed by atoms with Crippen LogP contribution < -0.4 is 5.73 Å². The van der Waals surface area contributed by atoms with Crippen LogP contribution in [0.2, 0.25) is 0 Å². The van der Waals surface area contributed by atoms with Crippen molar-refractivity contribution in [1.29, 1.82) is 0 Å². The van der Waals surface area contributed by atoms with Gasteiger partial charge < -0.3 is 5.73 Å². The van der Waals surface area contributed by atoms with Gasteiger partial charge in [-0.25, -0.2) is 4.98 Å². The Labute approximate surface area is 92.1 Å². The molecule has 4 heteroatoms. The Morgan fingerprint density at radius 3 is 2.62 bits per heavy atom. The molecule has 2 heterocycles. The zero-order chi connectivity index (χ0) is 11.0. The zero-order valence-corrected chi connectivity index (χ0v) is 8.51. The van der Waals surface area contributed by atoms with E-state index in [0.717, 1.165) is 22.3 Å². The van der Waals surface area contributed by atoms with E-state index in [-0.39, 0.29) is 0 Å². The number of pyridine rings is 1. The van der Waals surface area contributed by atoms with Crippen molar-refractivity contribution >= 4 is 16.9 Å². The predicted molar refractivity (Wildman–Crippen MR) is 63.7 cm³/mol. The third kappa shape index (κ3) is 1.32. The van der Waals surface area contributed by atoms with Gasteiger partial charge in [-0.2, -0.15) is 5.10 Å². The third-order valence-corrected chi connectivity index (χ3v) is 2.52. The van der Waals surface area contributed by atoms with Gasteiger partial charge in [0.1, 0.15) is 0 Å². The molecule has 3 N–H and O–H groups in total. The molecule has 3 rings (SSSR count). The average Bonchev–Trinajstić information content (AvgIpc) is 2.72. The molecule has 0 aliphatic rings. The summed E-state index contributed by atoms with van der Waals surface area (Å²) >= 11 is 0. The number of nitrogens with one attached hydrogen (secondary N) is 1. The molecule has 2 aromatic heterocycles. The van der Waals surface area contributed by atoms with Crippen LogP contribution in [0.15, 0.2) is 42.5 Å². The van der Waals surface area contributed by atoms with Gasteiger partial charge >= 0.3 is 0 Å². The van der Waals surface area contributed by atoms with Gasteiger partial charge in [0.05, 0.1) is 11.1 Å². The minimum Gasteiger partial charge on any atom is -0.382 e. The number of hydrogen-bond acceptors (Lipinski definition) is 3. The first kappa shape index (κ1) is 8.91. The number of hydrogen-bond donors (Lipinski definition) is 2. The van der Waals surface area contributed by atoms with Gasteiger partial charge in [0.15, 0.2) is 11.5 Å². The van der Waals surface area contributed by atoms with Gasteiger partial charge in [-0.05, 0) is 12.1 Å². The highest BCUT2D eigenvalue weighted by Crippen LogP contribution is 2.21. The van der Waals surface area contributed by atoms with Crippen LogP contribution >= 0.6 is 0 Å². The van der Waals surface area contributed by atoms with Crippen molar-refractivity contribution in [3.8, 4) is 11.3 Å². The Bertz CT molecular complexity index is 628. The Hall–Kier alpha value is -2.36. The van der Waals surface area contributed by atoms with E-state index in [9.17, 15) is 0 Å². The highest BCUT2D eigenvalue weighted by Gasteiger charge is 2.05. The van der Waals surface area contributed by atoms with Crippen LogP contribution in [0.5, 0.6) is 0 Å². The highest BCUT2D eigenvalue weighted by atomic mass is 15.2. The Kier molecular flexibility index (Phi) is 1.86. The van der Waals surface area contributed by atoms with E-state index in [4.69, 9.17) is 5.73 Å². The predicted octanol–water partition coefficient (Wildman–Crippen LogP) is 2.21. The van der Waals surface area contributed by atoms with E-state index in [1.165, 1.54) is 0 Å². The summed E-state index contributed by atoms with van der Waals surface area (Å²) in [6.45, 7) is 0. The molecule has 1 aromatic carbocycles. The Balaban J connectivity index is 2.19. The first-order valence-electron chi connectivity index (χ1n) is 5.00. The van der Waals surface area contributed by atoms with Crippen molar-refractivity contribution in [2.75, 3.05) is 5.73 Å². The van der Waals surface area contributed by atoms with Crippen molar-refractivity contribution in [2.24, 2.45) is 0 Å². The summed E-state index contributed by atoms with van der Waals surface area (Å²) in [7, 11) is 0. The number of nitrogen functional groups attached to an aromatic ring is 1. The molecule has 78 valence electrons. The van der Waals surface area contributed by atoms with Gasteiger partial charge in [-0.3, -0.25) is 5.10 Å². The van der Waals surface area contributed by atoms with E-state index >= 15 is 0 Å². The monoisotopic (exact) mass is 210 g/mol. The van der Waals surface area contributed by atoms with Crippen LogP contribution in [-0.2, 0) is 0 Å². The molecular weight excluding hydrogens is 200 g/mol. The molecule has 0 radical (unpaired) electrons. The van der Waals surface area contributed by atoms with Gasteiger partial charge in [-0.15, -0.1) is 0 Å². The van der Waals surface area contributed by atoms with Gasteiger partial charge in [0.25, 0.3) is 0 Å². The molecule has 0 aliphatic heterocycles. The Morgan fingerprint density at radius 1 is 1.00 bits per heavy atom. The standard InChI is InChI=1S/C12H10N4/c13-11-9-6-7-10(14-12(9)16-15-11)8-4-2-1-3-5-8/h1-7H,(H3,13,14,15,16). The first-order chi connectivity index (χ1) is 7.84. The van der Waals surface area contributed by atoms with Crippen LogP contribution in [0.3, 0.4) is 0 Å². The van der Waals surface area contributed by atoms with Crippen molar-refractivity contribution in [1.82, 2.24) is 15.2 Å². The lowest BCUT2D eigenvalue weighted by Crippen LogP contribution is -1.85. The van der Waals surface area contributed by atoms with Crippen molar-refractivity contribution in [2.45, 2.75) is 0 Å². The number of anilines is 1. The van der Waals surface area contributed by atoms with E-state index in [1.54, 1.807) is 0 Å². The Morgan fingerprint density at radius 2 is 1.81 bits per heavy atom. The number of benzene rings is 1. The van der Waals surface area contributed by atoms with Gasteiger partial charge in [0, 0.05) is 5.56 Å². The lowest BCUT2D eigenvalue weighted by Gasteiger charge is -1.99. The summed E-state index contributed by atoms with van der Waals surface area (Å²) in [5.41, 5.74) is 8.40. The summed E-state index contributed by atoms with van der Waals surface area (Å²) in [5.74, 6) is 0.488. The number of nitrogens with two attached hydrogens (primary N) is 1. The fourth-order valence-corrected chi connectivity index (χ4v) is 1.69. The van der Waals surface area contributed by atoms with Crippen LogP contribution in [0.1, 0.15) is 0 Å². The molecule has 3 aromatic rings. The van der Waals surface area contributed by atoms with Crippen LogP contribution in [0.4, 0.5) is 5.82 Å². The maximum Gasteiger partial charge on any atom is 0.158 e. The molecule has 0 saturated heterocycles. The molecule has 0 bridgehead atoms. The number of H-pyrrole nitrogens is 1. The summed E-state index contributed by atoms with van der Waals surface area (Å²) in [4.78, 5) is 4.47. The fraction of sp³-hybridized carbons (Fsp3) is 0. The fourth-order valence-electron chi connectivity index (χ4n) is 1.69. The average molecular weight is 210 g/mol. The van der Waals surface area contributed by atoms with Crippen molar-refractivity contribution in [3.63, 3.8) is 0 Å². The smallest absolute Gasteiger partial charge is 0.158 e. The summed E-state index contributed by atoms with van der Waals surface area (Å²) < 4.78 is 0. The second kappa shape index (κ2) is 3.34. The maximum absolute atomic E-state index is 5.68. The van der Waals surface area contributed by atoms with E-state index in [1.807, 2.05) is 42.5 Å². The van der Waals surface area contributed by atoms with Crippen molar-refractivity contribution < 1.29 is 0 Å². The van der Waals surface area contributed by atoms with Gasteiger partial charge in [0.2, 0.25) is 0 Å². The molecule has 16 heavy (non-hydrogen) atoms. The number of aromatic amines is 1. The molecule has 0 amide bonds. The number of fused-ring (bicyclic) bond motifs is 1. The van der Waals surface area contributed by atoms with E-state index < -0.39 is 0 Å². The lowest BCUT2D eigenvalue weighted by atomic mass is 10.1. The molecule has 0 fully saturated rings. The van der Waals surface area contributed by atoms with E-state index in [0.29, 0.717) is 5.82 Å². The summed E-state index contributed by atoms with van der Waals surface area (Å²) in [5, 5.41) is 7.59. The lowest BCUT2D eigenvalue weighted by molar-refractivity contribution is 1.11. The number of nitrogens with zero attached hydrogens (tertiary/aromatic N) is 2. The highest BCUT2D eigenvalue weighted by molar-refractivity contribution is 5.87. The number of aromatic nitrogens is 3. The molecule has 0 spiro atoms. The topological polar surface area (TPSA) is 67.6 Å². The molecule has 0 aliphatic carbocycles. The minimum absolute atomic E-state index is 0.488. The second-order valence-electron chi connectivity index (χ2n) is 3.57. The molecule has 0 atom stereocenters. The maximum atomic E-state index is 5.68. The largest absolute Gasteiger partial charge is 0.382 e. The third-order valence-electron chi connectivity index (χ3n) is 2.52. The summed E-state index contributed by atoms with van der Waals surface area (Å²) in [6.07, 6.45) is 0. The van der Waals surface area contributed by atoms with Gasteiger partial charge in [-0.1, -0.05) is 30.3 Å². The first-order valence-corrected chi connectivity index (χ1v) is 5.00. The SMILES string of the molecule is Nc1n[nH]c2nc(-c3ccccc3)ccc12. The molecule has 0 saturated carbocycles. The normalized spacial score (nSPS) is 10.8. The van der Waals surface area contributed by atoms with Crippen LogP contribution in [0, 0.1) is 0 Å². The summed E-state index contributed by atoms with van der Waals surface area (Å²) in [6, 6.07) is 13.9. The minimum atomic E-state index is 0.488. The van der Waals surface area contributed by atoms with E-state index in [2.05, 4.69) is 15.2 Å². The molecular formula is C12H10N4. The van der Waals surface area contributed by atoms with Crippen LogP contribution in [-0.4, -0.2) is 15.2 Å². The van der Waals surface area contributed by atoms with Crippen LogP contribution in [0.25, 0.3) is 22.3 Å².